The zero-order valence-corrected chi connectivity index (χ0v) is 14.5. The molecule has 0 saturated heterocycles. The summed E-state index contributed by atoms with van der Waals surface area (Å²) in [6, 6.07) is 11.0. The highest BCUT2D eigenvalue weighted by Crippen LogP contribution is 2.20. The van der Waals surface area contributed by atoms with Crippen molar-refractivity contribution >= 4 is 11.7 Å². The molecule has 0 aliphatic heterocycles. The molecule has 5 nitrogen and oxygen atoms in total. The number of carbonyl (C=O) groups excluding carboxylic acids is 1. The highest BCUT2D eigenvalue weighted by molar-refractivity contribution is 5.89. The number of rotatable bonds is 6. The second kappa shape index (κ2) is 8.48. The number of aliphatic hydroxyl groups is 1. The van der Waals surface area contributed by atoms with Crippen molar-refractivity contribution in [3.63, 3.8) is 0 Å². The van der Waals surface area contributed by atoms with E-state index in [0.717, 1.165) is 5.56 Å². The van der Waals surface area contributed by atoms with Gasteiger partial charge in [0.2, 0.25) is 0 Å². The number of hydrogen-bond donors (Lipinski definition) is 3. The van der Waals surface area contributed by atoms with E-state index in [1.165, 1.54) is 12.1 Å². The smallest absolute Gasteiger partial charge is 0.319 e. The monoisotopic (exact) mass is 346 g/mol. The third-order valence-electron chi connectivity index (χ3n) is 3.44. The Morgan fingerprint density at radius 1 is 1.24 bits per heavy atom. The van der Waals surface area contributed by atoms with E-state index >= 15 is 0 Å². The molecule has 1 atom stereocenters. The summed E-state index contributed by atoms with van der Waals surface area (Å²) in [6.07, 6.45) is -0.870. The van der Waals surface area contributed by atoms with Gasteiger partial charge >= 0.3 is 6.03 Å². The van der Waals surface area contributed by atoms with Gasteiger partial charge in [-0.05, 0) is 56.2 Å². The van der Waals surface area contributed by atoms with Gasteiger partial charge in [-0.1, -0.05) is 18.2 Å². The molecule has 25 heavy (non-hydrogen) atoms. The highest BCUT2D eigenvalue weighted by atomic mass is 19.1. The first-order valence-electron chi connectivity index (χ1n) is 8.11. The van der Waals surface area contributed by atoms with E-state index in [0.29, 0.717) is 11.3 Å². The summed E-state index contributed by atoms with van der Waals surface area (Å²) in [5.74, 6) is 0.145. The Labute approximate surface area is 146 Å². The van der Waals surface area contributed by atoms with Crippen molar-refractivity contribution < 1.29 is 19.0 Å². The first-order valence-corrected chi connectivity index (χ1v) is 8.11. The van der Waals surface area contributed by atoms with E-state index in [4.69, 9.17) is 4.74 Å². The number of carbonyl (C=O) groups is 1. The van der Waals surface area contributed by atoms with E-state index in [1.807, 2.05) is 13.8 Å². The maximum atomic E-state index is 13.7. The average Bonchev–Trinajstić information content (AvgIpc) is 2.55. The first kappa shape index (κ1) is 18.7. The molecule has 2 aromatic rings. The van der Waals surface area contributed by atoms with E-state index in [2.05, 4.69) is 10.6 Å². The minimum atomic E-state index is -0.899. The summed E-state index contributed by atoms with van der Waals surface area (Å²) in [4.78, 5) is 11.9. The van der Waals surface area contributed by atoms with Gasteiger partial charge in [0.05, 0.1) is 17.9 Å². The first-order chi connectivity index (χ1) is 11.8. The molecule has 0 heterocycles. The van der Waals surface area contributed by atoms with Gasteiger partial charge in [0.1, 0.15) is 11.6 Å². The zero-order chi connectivity index (χ0) is 18.4. The van der Waals surface area contributed by atoms with Crippen LogP contribution in [0.15, 0.2) is 42.5 Å². The third-order valence-corrected chi connectivity index (χ3v) is 3.44. The fraction of sp³-hybridized carbons (Fsp3) is 0.316. The van der Waals surface area contributed by atoms with E-state index in [9.17, 15) is 14.3 Å². The van der Waals surface area contributed by atoms with Crippen molar-refractivity contribution in [3.05, 3.63) is 59.4 Å². The van der Waals surface area contributed by atoms with Crippen molar-refractivity contribution in [3.8, 4) is 5.75 Å². The number of amides is 2. The van der Waals surface area contributed by atoms with Crippen LogP contribution < -0.4 is 15.4 Å². The summed E-state index contributed by atoms with van der Waals surface area (Å²) in [5.41, 5.74) is 1.48. The lowest BCUT2D eigenvalue weighted by molar-refractivity contribution is 0.174. The molecule has 0 aliphatic rings. The fourth-order valence-electron chi connectivity index (χ4n) is 2.26. The molecule has 6 heteroatoms. The minimum Gasteiger partial charge on any atom is -0.491 e. The number of aryl methyl sites for hydroxylation is 1. The molecule has 2 rings (SSSR count). The number of nitrogens with one attached hydrogen (secondary N) is 2. The van der Waals surface area contributed by atoms with Crippen LogP contribution in [0.2, 0.25) is 0 Å². The van der Waals surface area contributed by atoms with Gasteiger partial charge in [0, 0.05) is 6.54 Å². The molecular formula is C19H23FN2O3. The van der Waals surface area contributed by atoms with Gasteiger partial charge in [0.25, 0.3) is 0 Å². The lowest BCUT2D eigenvalue weighted by atomic mass is 10.1. The Kier molecular flexibility index (Phi) is 6.36. The second-order valence-corrected chi connectivity index (χ2v) is 6.07. The molecule has 2 aromatic carbocycles. The van der Waals surface area contributed by atoms with Crippen molar-refractivity contribution in [1.29, 1.82) is 0 Å². The maximum Gasteiger partial charge on any atom is 0.319 e. The van der Waals surface area contributed by atoms with Crippen LogP contribution in [0, 0.1) is 12.7 Å². The minimum absolute atomic E-state index is 0.00948. The van der Waals surface area contributed by atoms with Crippen molar-refractivity contribution in [1.82, 2.24) is 5.32 Å². The molecule has 0 radical (unpaired) electrons. The van der Waals surface area contributed by atoms with Gasteiger partial charge in [0.15, 0.2) is 0 Å². The number of ether oxygens (including phenoxy) is 1. The molecule has 0 fully saturated rings. The van der Waals surface area contributed by atoms with Crippen LogP contribution in [-0.2, 0) is 0 Å². The van der Waals surface area contributed by atoms with E-state index in [1.54, 1.807) is 37.3 Å². The number of urea groups is 1. The van der Waals surface area contributed by atoms with Gasteiger partial charge in [-0.25, -0.2) is 9.18 Å². The SMILES string of the molecule is Cc1ccc(NC(=O)NCC(O)c2cccc(OC(C)C)c2)c(F)c1. The normalized spacial score (nSPS) is 11.9. The van der Waals surface area contributed by atoms with Crippen molar-refractivity contribution in [2.24, 2.45) is 0 Å². The summed E-state index contributed by atoms with van der Waals surface area (Å²) >= 11 is 0. The number of halogens is 1. The number of aliphatic hydroxyl groups excluding tert-OH is 1. The molecule has 134 valence electrons. The second-order valence-electron chi connectivity index (χ2n) is 6.07. The Morgan fingerprint density at radius 2 is 2.00 bits per heavy atom. The molecule has 0 bridgehead atoms. The third kappa shape index (κ3) is 5.76. The van der Waals surface area contributed by atoms with E-state index in [-0.39, 0.29) is 18.3 Å². The Hall–Kier alpha value is -2.60. The van der Waals surface area contributed by atoms with Gasteiger partial charge in [-0.15, -0.1) is 0 Å². The summed E-state index contributed by atoms with van der Waals surface area (Å²) < 4.78 is 19.3. The Bertz CT molecular complexity index is 734. The molecule has 0 spiro atoms. The summed E-state index contributed by atoms with van der Waals surface area (Å²) in [7, 11) is 0. The topological polar surface area (TPSA) is 70.6 Å². The predicted octanol–water partition coefficient (Wildman–Crippen LogP) is 3.78. The molecule has 3 N–H and O–H groups in total. The molecular weight excluding hydrogens is 323 g/mol. The molecule has 0 aliphatic carbocycles. The zero-order valence-electron chi connectivity index (χ0n) is 14.5. The van der Waals surface area contributed by atoms with Crippen LogP contribution in [0.25, 0.3) is 0 Å². The molecule has 0 saturated carbocycles. The quantitative estimate of drug-likeness (QED) is 0.745. The lowest BCUT2D eigenvalue weighted by Gasteiger charge is -2.15. The fourth-order valence-corrected chi connectivity index (χ4v) is 2.26. The number of benzene rings is 2. The lowest BCUT2D eigenvalue weighted by Crippen LogP contribution is -2.32. The largest absolute Gasteiger partial charge is 0.491 e. The van der Waals surface area contributed by atoms with Gasteiger partial charge in [-0.2, -0.15) is 0 Å². The Balaban J connectivity index is 1.90. The average molecular weight is 346 g/mol. The molecule has 2 amide bonds. The predicted molar refractivity (Wildman–Crippen MR) is 95.3 cm³/mol. The molecule has 0 aromatic heterocycles. The van der Waals surface area contributed by atoms with E-state index < -0.39 is 18.0 Å². The van der Waals surface area contributed by atoms with Crippen LogP contribution in [-0.4, -0.2) is 23.8 Å². The van der Waals surface area contributed by atoms with Gasteiger partial charge < -0.3 is 20.5 Å². The Morgan fingerprint density at radius 3 is 2.68 bits per heavy atom. The van der Waals surface area contributed by atoms with Crippen LogP contribution in [0.3, 0.4) is 0 Å². The van der Waals surface area contributed by atoms with Crippen LogP contribution in [0.5, 0.6) is 5.75 Å². The van der Waals surface area contributed by atoms with Gasteiger partial charge in [-0.3, -0.25) is 0 Å². The van der Waals surface area contributed by atoms with Crippen molar-refractivity contribution in [2.45, 2.75) is 33.0 Å². The highest BCUT2D eigenvalue weighted by Gasteiger charge is 2.12. The number of anilines is 1. The van der Waals surface area contributed by atoms with Crippen LogP contribution >= 0.6 is 0 Å². The van der Waals surface area contributed by atoms with Crippen molar-refractivity contribution in [2.75, 3.05) is 11.9 Å². The standard InChI is InChI=1S/C19H23FN2O3/c1-12(2)25-15-6-4-5-14(10-15)18(23)11-21-19(24)22-17-8-7-13(3)9-16(17)20/h4-10,12,18,23H,11H2,1-3H3,(H2,21,22,24). The van der Waals surface area contributed by atoms with Crippen LogP contribution in [0.4, 0.5) is 14.9 Å². The molecule has 1 unspecified atom stereocenters. The van der Waals surface area contributed by atoms with Crippen LogP contribution in [0.1, 0.15) is 31.1 Å². The summed E-state index contributed by atoms with van der Waals surface area (Å²) in [5, 5.41) is 15.2. The maximum absolute atomic E-state index is 13.7. The summed E-state index contributed by atoms with van der Waals surface area (Å²) in [6.45, 7) is 5.59. The number of hydrogen-bond acceptors (Lipinski definition) is 3.